The molecule has 0 saturated heterocycles. The SMILES string of the molecule is O=C(c1cccnc1)N1CCCN(CC2CC2)Cc2cccnc21. The minimum Gasteiger partial charge on any atom is -0.299 e. The predicted molar refractivity (Wildman–Crippen MR) is 92.8 cm³/mol. The number of aromatic nitrogens is 2. The van der Waals surface area contributed by atoms with Gasteiger partial charge in [-0.25, -0.2) is 4.98 Å². The van der Waals surface area contributed by atoms with Gasteiger partial charge in [-0.05, 0) is 43.4 Å². The van der Waals surface area contributed by atoms with Gasteiger partial charge in [0.05, 0.1) is 5.56 Å². The number of anilines is 1. The topological polar surface area (TPSA) is 49.3 Å². The molecule has 4 rings (SSSR count). The van der Waals surface area contributed by atoms with Crippen LogP contribution in [-0.4, -0.2) is 40.4 Å². The van der Waals surface area contributed by atoms with Crippen molar-refractivity contribution in [2.24, 2.45) is 5.92 Å². The molecule has 0 aromatic carbocycles. The third-order valence-electron chi connectivity index (χ3n) is 4.74. The highest BCUT2D eigenvalue weighted by Crippen LogP contribution is 2.31. The van der Waals surface area contributed by atoms with Crippen LogP contribution in [0.25, 0.3) is 0 Å². The molecule has 0 bridgehead atoms. The Kier molecular flexibility index (Phi) is 4.26. The first-order chi connectivity index (χ1) is 11.8. The van der Waals surface area contributed by atoms with Crippen LogP contribution in [0.4, 0.5) is 5.82 Å². The number of rotatable bonds is 3. The van der Waals surface area contributed by atoms with Crippen LogP contribution in [0.2, 0.25) is 0 Å². The Balaban J connectivity index is 1.62. The average Bonchev–Trinajstić information content (AvgIpc) is 3.42. The Morgan fingerprint density at radius 3 is 2.83 bits per heavy atom. The molecule has 0 unspecified atom stereocenters. The van der Waals surface area contributed by atoms with Crippen molar-refractivity contribution in [3.8, 4) is 0 Å². The van der Waals surface area contributed by atoms with Crippen LogP contribution in [0, 0.1) is 5.92 Å². The number of nitrogens with zero attached hydrogens (tertiary/aromatic N) is 4. The lowest BCUT2D eigenvalue weighted by Gasteiger charge is -2.31. The number of hydrogen-bond donors (Lipinski definition) is 0. The largest absolute Gasteiger partial charge is 0.299 e. The standard InChI is InChI=1S/C19H22N4O/c24-19(16-4-1-8-20-12-16)23-11-3-10-22(13-15-6-7-15)14-17-5-2-9-21-18(17)23/h1-2,4-5,8-9,12,15H,3,6-7,10-11,13-14H2. The highest BCUT2D eigenvalue weighted by molar-refractivity contribution is 6.05. The molecule has 1 saturated carbocycles. The Hall–Kier alpha value is -2.27. The van der Waals surface area contributed by atoms with E-state index in [2.05, 4.69) is 20.9 Å². The molecule has 24 heavy (non-hydrogen) atoms. The van der Waals surface area contributed by atoms with Crippen molar-refractivity contribution in [3.05, 3.63) is 54.0 Å². The second-order valence-corrected chi connectivity index (χ2v) is 6.72. The van der Waals surface area contributed by atoms with Crippen molar-refractivity contribution in [1.29, 1.82) is 0 Å². The molecule has 2 aromatic heterocycles. The number of fused-ring (bicyclic) bond motifs is 1. The van der Waals surface area contributed by atoms with Crippen LogP contribution in [0.5, 0.6) is 0 Å². The van der Waals surface area contributed by atoms with Crippen molar-refractivity contribution >= 4 is 11.7 Å². The summed E-state index contributed by atoms with van der Waals surface area (Å²) in [5.41, 5.74) is 1.75. The van der Waals surface area contributed by atoms with Gasteiger partial charge in [0.25, 0.3) is 5.91 Å². The molecule has 124 valence electrons. The van der Waals surface area contributed by atoms with E-state index in [1.165, 1.54) is 19.4 Å². The van der Waals surface area contributed by atoms with E-state index < -0.39 is 0 Å². The number of carbonyl (C=O) groups excluding carboxylic acids is 1. The molecule has 1 aliphatic heterocycles. The van der Waals surface area contributed by atoms with Crippen molar-refractivity contribution in [3.63, 3.8) is 0 Å². The summed E-state index contributed by atoms with van der Waals surface area (Å²) in [4.78, 5) is 25.9. The molecule has 2 aromatic rings. The Morgan fingerprint density at radius 1 is 1.17 bits per heavy atom. The minimum atomic E-state index is -0.0151. The molecule has 0 radical (unpaired) electrons. The van der Waals surface area contributed by atoms with Crippen LogP contribution in [0.1, 0.15) is 35.2 Å². The molecule has 0 N–H and O–H groups in total. The van der Waals surface area contributed by atoms with Crippen molar-refractivity contribution < 1.29 is 4.79 Å². The van der Waals surface area contributed by atoms with E-state index in [1.54, 1.807) is 24.7 Å². The Labute approximate surface area is 142 Å². The fraction of sp³-hybridized carbons (Fsp3) is 0.421. The fourth-order valence-corrected chi connectivity index (χ4v) is 3.34. The van der Waals surface area contributed by atoms with Crippen LogP contribution in [-0.2, 0) is 6.54 Å². The van der Waals surface area contributed by atoms with Crippen molar-refractivity contribution in [2.45, 2.75) is 25.8 Å². The zero-order chi connectivity index (χ0) is 16.4. The number of pyridine rings is 2. The molecule has 1 fully saturated rings. The number of hydrogen-bond acceptors (Lipinski definition) is 4. The van der Waals surface area contributed by atoms with Crippen LogP contribution in [0.3, 0.4) is 0 Å². The Morgan fingerprint density at radius 2 is 2.04 bits per heavy atom. The zero-order valence-electron chi connectivity index (χ0n) is 13.8. The predicted octanol–water partition coefficient (Wildman–Crippen LogP) is 2.74. The molecule has 1 amide bonds. The fourth-order valence-electron chi connectivity index (χ4n) is 3.34. The van der Waals surface area contributed by atoms with Gasteiger partial charge in [-0.2, -0.15) is 0 Å². The normalized spacial score (nSPS) is 18.6. The minimum absolute atomic E-state index is 0.0151. The van der Waals surface area contributed by atoms with Crippen LogP contribution >= 0.6 is 0 Å². The van der Waals surface area contributed by atoms with Gasteiger partial charge in [0.15, 0.2) is 0 Å². The molecular weight excluding hydrogens is 300 g/mol. The summed E-state index contributed by atoms with van der Waals surface area (Å²) in [6.07, 6.45) is 8.78. The van der Waals surface area contributed by atoms with Gasteiger partial charge in [-0.1, -0.05) is 6.07 Å². The van der Waals surface area contributed by atoms with Crippen LogP contribution < -0.4 is 4.90 Å². The maximum absolute atomic E-state index is 12.9. The van der Waals surface area contributed by atoms with Gasteiger partial charge in [-0.15, -0.1) is 0 Å². The van der Waals surface area contributed by atoms with Crippen LogP contribution in [0.15, 0.2) is 42.9 Å². The number of carbonyl (C=O) groups is 1. The molecule has 3 heterocycles. The van der Waals surface area contributed by atoms with E-state index in [0.717, 1.165) is 36.8 Å². The van der Waals surface area contributed by atoms with E-state index >= 15 is 0 Å². The van der Waals surface area contributed by atoms with E-state index in [9.17, 15) is 4.79 Å². The van der Waals surface area contributed by atoms with Crippen molar-refractivity contribution in [2.75, 3.05) is 24.5 Å². The molecule has 5 heteroatoms. The second kappa shape index (κ2) is 6.69. The van der Waals surface area contributed by atoms with Gasteiger partial charge in [0.1, 0.15) is 5.82 Å². The first kappa shape index (κ1) is 15.3. The molecule has 5 nitrogen and oxygen atoms in total. The summed E-state index contributed by atoms with van der Waals surface area (Å²) in [6.45, 7) is 3.77. The quantitative estimate of drug-likeness (QED) is 0.872. The van der Waals surface area contributed by atoms with Gasteiger partial charge in [-0.3, -0.25) is 19.6 Å². The molecule has 0 spiro atoms. The van der Waals surface area contributed by atoms with E-state index in [1.807, 2.05) is 17.0 Å². The summed E-state index contributed by atoms with van der Waals surface area (Å²) >= 11 is 0. The zero-order valence-corrected chi connectivity index (χ0v) is 13.8. The average molecular weight is 322 g/mol. The van der Waals surface area contributed by atoms with E-state index in [4.69, 9.17) is 0 Å². The van der Waals surface area contributed by atoms with Crippen molar-refractivity contribution in [1.82, 2.24) is 14.9 Å². The Bertz CT molecular complexity index is 714. The van der Waals surface area contributed by atoms with Gasteiger partial charge in [0.2, 0.25) is 0 Å². The smallest absolute Gasteiger partial charge is 0.261 e. The lowest BCUT2D eigenvalue weighted by molar-refractivity contribution is 0.0982. The third kappa shape index (κ3) is 3.31. The van der Waals surface area contributed by atoms with E-state index in [-0.39, 0.29) is 5.91 Å². The first-order valence-electron chi connectivity index (χ1n) is 8.69. The summed E-state index contributed by atoms with van der Waals surface area (Å²) in [7, 11) is 0. The molecule has 1 aliphatic carbocycles. The maximum atomic E-state index is 12.9. The lowest BCUT2D eigenvalue weighted by Crippen LogP contribution is -2.39. The monoisotopic (exact) mass is 322 g/mol. The molecular formula is C19H22N4O. The molecule has 0 atom stereocenters. The summed E-state index contributed by atoms with van der Waals surface area (Å²) in [6, 6.07) is 7.67. The highest BCUT2D eigenvalue weighted by Gasteiger charge is 2.28. The molecule has 2 aliphatic rings. The van der Waals surface area contributed by atoms with Gasteiger partial charge in [0, 0.05) is 50.3 Å². The second-order valence-electron chi connectivity index (χ2n) is 6.72. The summed E-state index contributed by atoms with van der Waals surface area (Å²) in [5.74, 6) is 1.66. The number of amides is 1. The van der Waals surface area contributed by atoms with Gasteiger partial charge < -0.3 is 0 Å². The third-order valence-corrected chi connectivity index (χ3v) is 4.74. The maximum Gasteiger partial charge on any atom is 0.261 e. The first-order valence-corrected chi connectivity index (χ1v) is 8.69. The lowest BCUT2D eigenvalue weighted by atomic mass is 10.1. The highest BCUT2D eigenvalue weighted by atomic mass is 16.2. The summed E-state index contributed by atoms with van der Waals surface area (Å²) < 4.78 is 0. The van der Waals surface area contributed by atoms with Gasteiger partial charge >= 0.3 is 0 Å². The van der Waals surface area contributed by atoms with E-state index in [0.29, 0.717) is 12.1 Å². The summed E-state index contributed by atoms with van der Waals surface area (Å²) in [5, 5.41) is 0.